The van der Waals surface area contributed by atoms with Crippen LogP contribution in [0.15, 0.2) is 6.20 Å². The molecule has 5 nitrogen and oxygen atoms in total. The Hall–Kier alpha value is -1.65. The fourth-order valence-electron chi connectivity index (χ4n) is 1.25. The molecule has 1 aromatic heterocycles. The van der Waals surface area contributed by atoms with Gasteiger partial charge in [-0.2, -0.15) is 0 Å². The maximum absolute atomic E-state index is 11.4. The van der Waals surface area contributed by atoms with Crippen molar-refractivity contribution in [1.82, 2.24) is 15.3 Å². The highest BCUT2D eigenvalue weighted by atomic mass is 16.2. The molecule has 0 radical (unpaired) electrons. The standard InChI is InChI=1S/C8H10N4O/c1-4-3-9-7-6(10-4)8(13)12-5(2)11-7/h3,5H,1-2H3,(H,9,11)(H,12,13). The Morgan fingerprint density at radius 1 is 1.46 bits per heavy atom. The van der Waals surface area contributed by atoms with E-state index in [9.17, 15) is 4.79 Å². The van der Waals surface area contributed by atoms with Crippen molar-refractivity contribution in [3.8, 4) is 0 Å². The largest absolute Gasteiger partial charge is 0.348 e. The molecule has 0 fully saturated rings. The minimum atomic E-state index is -0.169. The van der Waals surface area contributed by atoms with Gasteiger partial charge in [0.25, 0.3) is 5.91 Å². The van der Waals surface area contributed by atoms with Crippen molar-refractivity contribution in [3.05, 3.63) is 17.6 Å². The molecule has 1 aliphatic heterocycles. The van der Waals surface area contributed by atoms with Gasteiger partial charge in [-0.1, -0.05) is 0 Å². The van der Waals surface area contributed by atoms with Crippen LogP contribution in [-0.4, -0.2) is 22.0 Å². The van der Waals surface area contributed by atoms with Crippen LogP contribution in [0.25, 0.3) is 0 Å². The highest BCUT2D eigenvalue weighted by molar-refractivity contribution is 5.98. The summed E-state index contributed by atoms with van der Waals surface area (Å²) >= 11 is 0. The van der Waals surface area contributed by atoms with Crippen LogP contribution in [0.3, 0.4) is 0 Å². The number of nitrogens with zero attached hydrogens (tertiary/aromatic N) is 2. The van der Waals surface area contributed by atoms with Crippen molar-refractivity contribution in [2.45, 2.75) is 20.0 Å². The number of hydrogen-bond donors (Lipinski definition) is 2. The van der Waals surface area contributed by atoms with Gasteiger partial charge in [-0.15, -0.1) is 0 Å². The van der Waals surface area contributed by atoms with Crippen LogP contribution in [0, 0.1) is 6.92 Å². The van der Waals surface area contributed by atoms with Crippen molar-refractivity contribution >= 4 is 11.7 Å². The third-order valence-electron chi connectivity index (χ3n) is 1.81. The van der Waals surface area contributed by atoms with E-state index >= 15 is 0 Å². The molecule has 1 amide bonds. The highest BCUT2D eigenvalue weighted by Gasteiger charge is 2.22. The second-order valence-electron chi connectivity index (χ2n) is 3.05. The van der Waals surface area contributed by atoms with Gasteiger partial charge in [0.15, 0.2) is 11.5 Å². The zero-order valence-corrected chi connectivity index (χ0v) is 7.46. The van der Waals surface area contributed by atoms with Crippen molar-refractivity contribution < 1.29 is 4.79 Å². The van der Waals surface area contributed by atoms with Gasteiger partial charge in [-0.25, -0.2) is 9.97 Å². The highest BCUT2D eigenvalue weighted by Crippen LogP contribution is 2.14. The molecule has 0 saturated heterocycles. The normalized spacial score (nSPS) is 20.2. The van der Waals surface area contributed by atoms with Gasteiger partial charge in [0.05, 0.1) is 18.1 Å². The topological polar surface area (TPSA) is 66.9 Å². The van der Waals surface area contributed by atoms with Crippen molar-refractivity contribution in [3.63, 3.8) is 0 Å². The third-order valence-corrected chi connectivity index (χ3v) is 1.81. The Balaban J connectivity index is 2.49. The summed E-state index contributed by atoms with van der Waals surface area (Å²) in [5, 5.41) is 5.72. The number of aromatic nitrogens is 2. The SMILES string of the molecule is Cc1cnc2c(n1)C(=O)NC(C)N2. The summed E-state index contributed by atoms with van der Waals surface area (Å²) in [6.45, 7) is 3.65. The molecule has 13 heavy (non-hydrogen) atoms. The van der Waals surface area contributed by atoms with E-state index in [1.54, 1.807) is 13.1 Å². The Bertz CT molecular complexity index is 363. The first kappa shape index (κ1) is 7.97. The number of carbonyl (C=O) groups is 1. The number of amides is 1. The molecule has 0 aliphatic carbocycles. The molecule has 1 aliphatic rings. The summed E-state index contributed by atoms with van der Waals surface area (Å²) in [7, 11) is 0. The van der Waals surface area contributed by atoms with Crippen LogP contribution in [0.1, 0.15) is 23.1 Å². The molecule has 0 saturated carbocycles. The fraction of sp³-hybridized carbons (Fsp3) is 0.375. The molecule has 2 N–H and O–H groups in total. The summed E-state index contributed by atoms with van der Waals surface area (Å²) in [4.78, 5) is 19.6. The lowest BCUT2D eigenvalue weighted by molar-refractivity contribution is 0.0933. The number of carbonyl (C=O) groups excluding carboxylic acids is 1. The third kappa shape index (κ3) is 1.32. The van der Waals surface area contributed by atoms with Crippen molar-refractivity contribution in [2.24, 2.45) is 0 Å². The first-order valence-corrected chi connectivity index (χ1v) is 4.08. The second-order valence-corrected chi connectivity index (χ2v) is 3.05. The number of hydrogen-bond acceptors (Lipinski definition) is 4. The molecule has 0 aromatic carbocycles. The van der Waals surface area contributed by atoms with Crippen molar-refractivity contribution in [1.29, 1.82) is 0 Å². The van der Waals surface area contributed by atoms with Crippen LogP contribution < -0.4 is 10.6 Å². The number of nitrogens with one attached hydrogen (secondary N) is 2. The van der Waals surface area contributed by atoms with E-state index in [-0.39, 0.29) is 12.1 Å². The molecule has 1 atom stereocenters. The number of anilines is 1. The zero-order chi connectivity index (χ0) is 9.42. The van der Waals surface area contributed by atoms with Gasteiger partial charge in [-0.3, -0.25) is 4.79 Å². The Kier molecular flexibility index (Phi) is 1.65. The number of aryl methyl sites for hydroxylation is 1. The summed E-state index contributed by atoms with van der Waals surface area (Å²) in [6, 6.07) is 0. The lowest BCUT2D eigenvalue weighted by Gasteiger charge is -2.22. The zero-order valence-electron chi connectivity index (χ0n) is 7.46. The van der Waals surface area contributed by atoms with E-state index in [0.29, 0.717) is 11.5 Å². The summed E-state index contributed by atoms with van der Waals surface area (Å²) in [6.07, 6.45) is 1.55. The fourth-order valence-corrected chi connectivity index (χ4v) is 1.25. The van der Waals surface area contributed by atoms with Gasteiger partial charge >= 0.3 is 0 Å². The quantitative estimate of drug-likeness (QED) is 0.599. The maximum atomic E-state index is 11.4. The molecule has 0 spiro atoms. The van der Waals surface area contributed by atoms with E-state index in [2.05, 4.69) is 20.6 Å². The van der Waals surface area contributed by atoms with Gasteiger partial charge < -0.3 is 10.6 Å². The van der Waals surface area contributed by atoms with E-state index in [0.717, 1.165) is 5.69 Å². The van der Waals surface area contributed by atoms with Crippen LogP contribution in [0.5, 0.6) is 0 Å². The van der Waals surface area contributed by atoms with Gasteiger partial charge in [0, 0.05) is 0 Å². The molecule has 5 heteroatoms. The van der Waals surface area contributed by atoms with Gasteiger partial charge in [0.2, 0.25) is 0 Å². The minimum absolute atomic E-state index is 0.0861. The van der Waals surface area contributed by atoms with Gasteiger partial charge in [0.1, 0.15) is 0 Å². The maximum Gasteiger partial charge on any atom is 0.275 e. The monoisotopic (exact) mass is 178 g/mol. The molecule has 0 bridgehead atoms. The summed E-state index contributed by atoms with van der Waals surface area (Å²) < 4.78 is 0. The molecule has 2 rings (SSSR count). The van der Waals surface area contributed by atoms with Crippen LogP contribution in [0.4, 0.5) is 5.82 Å². The Morgan fingerprint density at radius 2 is 2.23 bits per heavy atom. The molecule has 1 unspecified atom stereocenters. The van der Waals surface area contributed by atoms with E-state index in [1.807, 2.05) is 6.92 Å². The van der Waals surface area contributed by atoms with Crippen LogP contribution in [-0.2, 0) is 0 Å². The summed E-state index contributed by atoms with van der Waals surface area (Å²) in [5.74, 6) is 0.388. The predicted octanol–water partition coefficient (Wildman–Crippen LogP) is 0.286. The van der Waals surface area contributed by atoms with Crippen LogP contribution >= 0.6 is 0 Å². The van der Waals surface area contributed by atoms with E-state index < -0.39 is 0 Å². The average Bonchev–Trinajstić information content (AvgIpc) is 2.06. The second kappa shape index (κ2) is 2.69. The summed E-state index contributed by atoms with van der Waals surface area (Å²) in [5.41, 5.74) is 1.11. The van der Waals surface area contributed by atoms with E-state index in [4.69, 9.17) is 0 Å². The minimum Gasteiger partial charge on any atom is -0.348 e. The van der Waals surface area contributed by atoms with Crippen LogP contribution in [0.2, 0.25) is 0 Å². The smallest absolute Gasteiger partial charge is 0.275 e. The van der Waals surface area contributed by atoms with Crippen molar-refractivity contribution in [2.75, 3.05) is 5.32 Å². The predicted molar refractivity (Wildman–Crippen MR) is 47.3 cm³/mol. The molecule has 1 aromatic rings. The number of fused-ring (bicyclic) bond motifs is 1. The number of rotatable bonds is 0. The molecular formula is C8H10N4O. The first-order valence-electron chi connectivity index (χ1n) is 4.08. The average molecular weight is 178 g/mol. The van der Waals surface area contributed by atoms with E-state index in [1.165, 1.54) is 0 Å². The Labute approximate surface area is 75.6 Å². The molecular weight excluding hydrogens is 168 g/mol. The molecule has 68 valence electrons. The first-order chi connectivity index (χ1) is 6.16. The lowest BCUT2D eigenvalue weighted by atomic mass is 10.3. The Morgan fingerprint density at radius 3 is 3.00 bits per heavy atom. The van der Waals surface area contributed by atoms with Gasteiger partial charge in [-0.05, 0) is 13.8 Å². The molecule has 2 heterocycles. The lowest BCUT2D eigenvalue weighted by Crippen LogP contribution is -2.43.